The Bertz CT molecular complexity index is 1170. The summed E-state index contributed by atoms with van der Waals surface area (Å²) in [5.74, 6) is -0.359. The Morgan fingerprint density at radius 3 is 2.62 bits per heavy atom. The Morgan fingerprint density at radius 1 is 1.21 bits per heavy atom. The van der Waals surface area contributed by atoms with Gasteiger partial charge in [0.1, 0.15) is 17.9 Å². The summed E-state index contributed by atoms with van der Waals surface area (Å²) in [7, 11) is 0. The number of halogens is 4. The minimum atomic E-state index is -4.31. The number of nitrogens with one attached hydrogen (secondary N) is 1. The molecular weight excluding hydrogens is 444 g/mol. The maximum atomic E-state index is 14.2. The second-order valence-corrected chi connectivity index (χ2v) is 8.89. The molecule has 0 bridgehead atoms. The predicted molar refractivity (Wildman–Crippen MR) is 126 cm³/mol. The molecule has 4 nitrogen and oxygen atoms in total. The number of hydrogen-bond acceptors (Lipinski definition) is 3. The quantitative estimate of drug-likeness (QED) is 0.469. The molecule has 1 saturated carbocycles. The second-order valence-electron chi connectivity index (χ2n) is 8.89. The molecule has 180 valence electrons. The summed E-state index contributed by atoms with van der Waals surface area (Å²) in [6, 6.07) is 5.35. The number of nitriles is 1. The Labute approximate surface area is 196 Å². The zero-order valence-electron chi connectivity index (χ0n) is 19.1. The predicted octanol–water partition coefficient (Wildman–Crippen LogP) is 6.83. The van der Waals surface area contributed by atoms with E-state index in [9.17, 15) is 22.8 Å². The largest absolute Gasteiger partial charge is 0.403 e. The molecule has 1 aromatic heterocycles. The van der Waals surface area contributed by atoms with Crippen molar-refractivity contribution in [3.05, 3.63) is 53.0 Å². The van der Waals surface area contributed by atoms with Crippen LogP contribution >= 0.6 is 0 Å². The SMILES string of the molecule is CCC(NCC1=C\CC\C=C(c2c(C#N)c3ccc(F)cc3n2C2CCCC2)/N=C/1)C(F)(F)F. The van der Waals surface area contributed by atoms with Gasteiger partial charge in [-0.25, -0.2) is 4.39 Å². The lowest BCUT2D eigenvalue weighted by molar-refractivity contribution is -0.155. The summed E-state index contributed by atoms with van der Waals surface area (Å²) >= 11 is 0. The minimum absolute atomic E-state index is 0.0523. The first-order chi connectivity index (χ1) is 16.3. The Morgan fingerprint density at radius 2 is 1.94 bits per heavy atom. The third kappa shape index (κ3) is 4.95. The third-order valence-electron chi connectivity index (χ3n) is 6.65. The molecule has 1 aliphatic carbocycles. The van der Waals surface area contributed by atoms with Gasteiger partial charge in [0.2, 0.25) is 0 Å². The average molecular weight is 473 g/mol. The molecule has 0 saturated heterocycles. The molecule has 4 rings (SSSR count). The van der Waals surface area contributed by atoms with E-state index in [-0.39, 0.29) is 24.8 Å². The number of aliphatic imine (C=N–C) groups is 1. The Kier molecular flexibility index (Phi) is 7.22. The number of aromatic nitrogens is 1. The molecule has 1 atom stereocenters. The van der Waals surface area contributed by atoms with Crippen molar-refractivity contribution < 1.29 is 17.6 Å². The van der Waals surface area contributed by atoms with Crippen LogP contribution in [-0.2, 0) is 0 Å². The van der Waals surface area contributed by atoms with Gasteiger partial charge in [0, 0.05) is 24.2 Å². The van der Waals surface area contributed by atoms with Crippen molar-refractivity contribution in [3.63, 3.8) is 0 Å². The van der Waals surface area contributed by atoms with Crippen molar-refractivity contribution in [2.75, 3.05) is 6.54 Å². The smallest absolute Gasteiger partial charge is 0.335 e. The maximum absolute atomic E-state index is 14.2. The van der Waals surface area contributed by atoms with Crippen LogP contribution in [0.5, 0.6) is 0 Å². The fourth-order valence-corrected chi connectivity index (χ4v) is 4.95. The van der Waals surface area contributed by atoms with E-state index in [0.717, 1.165) is 25.7 Å². The molecular formula is C26H28F4N4. The van der Waals surface area contributed by atoms with Gasteiger partial charge in [0.25, 0.3) is 0 Å². The van der Waals surface area contributed by atoms with E-state index in [0.29, 0.717) is 46.3 Å². The Hall–Kier alpha value is -2.92. The van der Waals surface area contributed by atoms with Crippen LogP contribution < -0.4 is 5.32 Å². The summed E-state index contributed by atoms with van der Waals surface area (Å²) < 4.78 is 55.6. The highest BCUT2D eigenvalue weighted by Gasteiger charge is 2.37. The third-order valence-corrected chi connectivity index (χ3v) is 6.65. The number of fused-ring (bicyclic) bond motifs is 1. The van der Waals surface area contributed by atoms with Crippen LogP contribution in [0.25, 0.3) is 16.6 Å². The van der Waals surface area contributed by atoms with E-state index in [4.69, 9.17) is 0 Å². The topological polar surface area (TPSA) is 53.1 Å². The standard InChI is InChI=1S/C26H28F4N4/c1-2-24(26(28,29)30)33-16-17-7-3-6-10-22(32-15-17)25-21(14-31)20-12-11-18(27)13-23(20)34(25)19-8-4-5-9-19/h7,10-13,15,19,24,33H,2-6,8-9,16H2,1H3/b17-7+,22-10-,32-15+. The fraction of sp³-hybridized carbons (Fsp3) is 0.462. The average Bonchev–Trinajstić information content (AvgIpc) is 3.40. The molecule has 1 aliphatic heterocycles. The van der Waals surface area contributed by atoms with E-state index < -0.39 is 12.2 Å². The van der Waals surface area contributed by atoms with Crippen LogP contribution in [0.3, 0.4) is 0 Å². The van der Waals surface area contributed by atoms with Gasteiger partial charge in [-0.05, 0) is 55.9 Å². The van der Waals surface area contributed by atoms with Crippen LogP contribution in [-0.4, -0.2) is 29.5 Å². The van der Waals surface area contributed by atoms with Gasteiger partial charge in [0.05, 0.1) is 22.5 Å². The second kappa shape index (κ2) is 10.1. The van der Waals surface area contributed by atoms with Crippen molar-refractivity contribution >= 4 is 22.8 Å². The van der Waals surface area contributed by atoms with Crippen molar-refractivity contribution in [1.82, 2.24) is 9.88 Å². The number of alkyl halides is 3. The lowest BCUT2D eigenvalue weighted by atomic mass is 10.1. The van der Waals surface area contributed by atoms with Crippen LogP contribution in [0.2, 0.25) is 0 Å². The molecule has 1 unspecified atom stereocenters. The minimum Gasteiger partial charge on any atom is -0.335 e. The zero-order chi connectivity index (χ0) is 24.3. The van der Waals surface area contributed by atoms with Gasteiger partial charge in [-0.15, -0.1) is 0 Å². The van der Waals surface area contributed by atoms with Crippen LogP contribution in [0.1, 0.15) is 69.2 Å². The molecule has 0 radical (unpaired) electrons. The van der Waals surface area contributed by atoms with Crippen molar-refractivity contribution in [2.24, 2.45) is 4.99 Å². The van der Waals surface area contributed by atoms with E-state index in [1.807, 2.05) is 12.2 Å². The summed E-state index contributed by atoms with van der Waals surface area (Å²) in [5, 5.41) is 13.3. The van der Waals surface area contributed by atoms with E-state index in [1.165, 1.54) is 19.1 Å². The lowest BCUT2D eigenvalue weighted by Crippen LogP contribution is -2.42. The number of rotatable bonds is 6. The van der Waals surface area contributed by atoms with E-state index in [1.54, 1.807) is 12.3 Å². The highest BCUT2D eigenvalue weighted by atomic mass is 19.4. The highest BCUT2D eigenvalue weighted by Crippen LogP contribution is 2.40. The molecule has 2 heterocycles. The number of hydrogen-bond donors (Lipinski definition) is 1. The molecule has 0 spiro atoms. The van der Waals surface area contributed by atoms with Crippen molar-refractivity contribution in [3.8, 4) is 6.07 Å². The first kappa shape index (κ1) is 24.2. The van der Waals surface area contributed by atoms with E-state index >= 15 is 0 Å². The summed E-state index contributed by atoms with van der Waals surface area (Å²) in [6.07, 6.45) is 6.38. The van der Waals surface area contributed by atoms with Crippen LogP contribution in [0, 0.1) is 17.1 Å². The van der Waals surface area contributed by atoms with E-state index in [2.05, 4.69) is 20.9 Å². The molecule has 1 aromatic carbocycles. The zero-order valence-corrected chi connectivity index (χ0v) is 19.1. The highest BCUT2D eigenvalue weighted by molar-refractivity contribution is 5.95. The molecule has 0 amide bonds. The van der Waals surface area contributed by atoms with Gasteiger partial charge in [-0.3, -0.25) is 4.99 Å². The normalized spacial score (nSPS) is 22.4. The summed E-state index contributed by atoms with van der Waals surface area (Å²) in [5.41, 5.74) is 3.08. The van der Waals surface area contributed by atoms with Crippen molar-refractivity contribution in [2.45, 2.75) is 70.1 Å². The van der Waals surface area contributed by atoms with Gasteiger partial charge in [-0.2, -0.15) is 18.4 Å². The van der Waals surface area contributed by atoms with Gasteiger partial charge >= 0.3 is 6.18 Å². The molecule has 2 aromatic rings. The molecule has 2 aliphatic rings. The summed E-state index contributed by atoms with van der Waals surface area (Å²) in [4.78, 5) is 4.64. The molecule has 1 fully saturated rings. The first-order valence-corrected chi connectivity index (χ1v) is 11.8. The molecule has 8 heteroatoms. The van der Waals surface area contributed by atoms with Crippen molar-refractivity contribution in [1.29, 1.82) is 5.26 Å². The molecule has 34 heavy (non-hydrogen) atoms. The van der Waals surface area contributed by atoms with Crippen LogP contribution in [0.15, 0.2) is 40.9 Å². The molecule has 1 N–H and O–H groups in total. The first-order valence-electron chi connectivity index (χ1n) is 11.8. The lowest BCUT2D eigenvalue weighted by Gasteiger charge is -2.21. The van der Waals surface area contributed by atoms with Crippen LogP contribution in [0.4, 0.5) is 17.6 Å². The monoisotopic (exact) mass is 472 g/mol. The fourth-order valence-electron chi connectivity index (χ4n) is 4.95. The Balaban J connectivity index is 1.71. The maximum Gasteiger partial charge on any atom is 0.403 e. The number of allylic oxidation sites excluding steroid dienone is 2. The van der Waals surface area contributed by atoms with Gasteiger partial charge in [0.15, 0.2) is 0 Å². The summed E-state index contributed by atoms with van der Waals surface area (Å²) in [6.45, 7) is 1.55. The van der Waals surface area contributed by atoms with Gasteiger partial charge < -0.3 is 9.88 Å². The van der Waals surface area contributed by atoms with Gasteiger partial charge in [-0.1, -0.05) is 31.9 Å². The number of nitrogens with zero attached hydrogens (tertiary/aromatic N) is 3. The number of benzene rings is 1.